The van der Waals surface area contributed by atoms with Crippen molar-refractivity contribution in [3.05, 3.63) is 58.9 Å². The van der Waals surface area contributed by atoms with Crippen LogP contribution in [0.5, 0.6) is 5.75 Å². The number of rotatable bonds is 6. The van der Waals surface area contributed by atoms with E-state index >= 15 is 0 Å². The van der Waals surface area contributed by atoms with Crippen molar-refractivity contribution in [3.63, 3.8) is 0 Å². The van der Waals surface area contributed by atoms with E-state index in [2.05, 4.69) is 28.5 Å². The molecule has 2 aromatic rings. The number of nitrogens with zero attached hydrogens (tertiary/aromatic N) is 2. The average molecular weight is 392 g/mol. The van der Waals surface area contributed by atoms with Crippen molar-refractivity contribution in [2.24, 2.45) is 5.92 Å². The van der Waals surface area contributed by atoms with Gasteiger partial charge in [0.15, 0.2) is 0 Å². The number of hydrogen-bond donors (Lipinski definition) is 1. The molecule has 3 aliphatic rings. The van der Waals surface area contributed by atoms with E-state index in [9.17, 15) is 4.79 Å². The Morgan fingerprint density at radius 3 is 2.76 bits per heavy atom. The molecule has 152 valence electrons. The van der Waals surface area contributed by atoms with Gasteiger partial charge in [-0.15, -0.1) is 0 Å². The summed E-state index contributed by atoms with van der Waals surface area (Å²) in [7, 11) is 1.90. The van der Waals surface area contributed by atoms with Crippen molar-refractivity contribution in [1.29, 1.82) is 0 Å². The van der Waals surface area contributed by atoms with E-state index in [0.29, 0.717) is 17.7 Å². The van der Waals surface area contributed by atoms with Crippen LogP contribution in [0.25, 0.3) is 0 Å². The van der Waals surface area contributed by atoms with Crippen molar-refractivity contribution < 1.29 is 9.53 Å². The van der Waals surface area contributed by atoms with Gasteiger partial charge in [0, 0.05) is 19.1 Å². The number of pyridine rings is 1. The summed E-state index contributed by atoms with van der Waals surface area (Å²) >= 11 is 0. The molecule has 1 saturated heterocycles. The van der Waals surface area contributed by atoms with E-state index in [1.54, 1.807) is 12.3 Å². The maximum Gasteiger partial charge on any atom is 0.272 e. The molecule has 1 aromatic heterocycles. The molecule has 0 spiro atoms. The number of likely N-dealkylation sites (N-methyl/N-ethyl adjacent to an activating group) is 1. The van der Waals surface area contributed by atoms with Gasteiger partial charge in [0.1, 0.15) is 11.4 Å². The molecule has 5 rings (SSSR count). The first-order valence-corrected chi connectivity index (χ1v) is 10.9. The number of amides is 1. The first kappa shape index (κ1) is 18.6. The number of hydrogen-bond acceptors (Lipinski definition) is 4. The van der Waals surface area contributed by atoms with Gasteiger partial charge in [-0.3, -0.25) is 4.79 Å². The highest BCUT2D eigenvalue weighted by atomic mass is 16.5. The zero-order valence-electron chi connectivity index (χ0n) is 17.1. The van der Waals surface area contributed by atoms with Crippen LogP contribution in [0.4, 0.5) is 0 Å². The van der Waals surface area contributed by atoms with Gasteiger partial charge in [0.2, 0.25) is 0 Å². The third-order valence-electron chi connectivity index (χ3n) is 6.61. The minimum atomic E-state index is -0.0192. The fourth-order valence-electron chi connectivity index (χ4n) is 4.51. The fourth-order valence-corrected chi connectivity index (χ4v) is 4.51. The van der Waals surface area contributed by atoms with E-state index in [1.165, 1.54) is 42.4 Å². The summed E-state index contributed by atoms with van der Waals surface area (Å²) in [5.41, 5.74) is 4.63. The van der Waals surface area contributed by atoms with Gasteiger partial charge in [0.25, 0.3) is 5.91 Å². The lowest BCUT2D eigenvalue weighted by Crippen LogP contribution is -2.38. The van der Waals surface area contributed by atoms with Gasteiger partial charge in [-0.05, 0) is 79.8 Å². The smallest absolute Gasteiger partial charge is 0.272 e. The zero-order chi connectivity index (χ0) is 19.8. The lowest BCUT2D eigenvalue weighted by Gasteiger charge is -2.24. The molecule has 1 N–H and O–H groups in total. The van der Waals surface area contributed by atoms with Gasteiger partial charge >= 0.3 is 0 Å². The summed E-state index contributed by atoms with van der Waals surface area (Å²) in [4.78, 5) is 19.2. The molecule has 2 fully saturated rings. The Balaban J connectivity index is 1.22. The second-order valence-corrected chi connectivity index (χ2v) is 8.79. The zero-order valence-corrected chi connectivity index (χ0v) is 17.1. The van der Waals surface area contributed by atoms with Crippen molar-refractivity contribution in [2.75, 3.05) is 20.2 Å². The Labute approximate surface area is 172 Å². The predicted molar refractivity (Wildman–Crippen MR) is 112 cm³/mol. The molecule has 2 heterocycles. The SMILES string of the molecule is CN(C(=O)c1ccc(OCC2CC2)cn1)C1Cc2ccc([C@H]3CCCN3)cc2C1. The Morgan fingerprint density at radius 1 is 1.17 bits per heavy atom. The largest absolute Gasteiger partial charge is 0.492 e. The summed E-state index contributed by atoms with van der Waals surface area (Å²) in [6.45, 7) is 1.87. The van der Waals surface area contributed by atoms with Gasteiger partial charge in [0.05, 0.1) is 12.8 Å². The Bertz CT molecular complexity index is 885. The molecular weight excluding hydrogens is 362 g/mol. The van der Waals surface area contributed by atoms with Crippen LogP contribution in [0.1, 0.15) is 58.9 Å². The summed E-state index contributed by atoms with van der Waals surface area (Å²) in [6, 6.07) is 11.2. The third kappa shape index (κ3) is 4.01. The van der Waals surface area contributed by atoms with Crippen LogP contribution in [0.2, 0.25) is 0 Å². The summed E-state index contributed by atoms with van der Waals surface area (Å²) in [5, 5.41) is 3.58. The molecule has 1 amide bonds. The maximum atomic E-state index is 13.0. The number of aromatic nitrogens is 1. The maximum absolute atomic E-state index is 13.0. The van der Waals surface area contributed by atoms with E-state index in [1.807, 2.05) is 18.0 Å². The molecule has 5 heteroatoms. The monoisotopic (exact) mass is 391 g/mol. The van der Waals surface area contributed by atoms with Crippen LogP contribution in [-0.2, 0) is 12.8 Å². The van der Waals surface area contributed by atoms with Crippen molar-refractivity contribution in [2.45, 2.75) is 50.6 Å². The third-order valence-corrected chi connectivity index (χ3v) is 6.61. The molecule has 5 nitrogen and oxygen atoms in total. The van der Waals surface area contributed by atoms with E-state index in [0.717, 1.165) is 31.7 Å². The first-order valence-electron chi connectivity index (χ1n) is 10.9. The second kappa shape index (κ2) is 7.79. The predicted octanol–water partition coefficient (Wildman–Crippen LogP) is 3.53. The molecule has 2 atom stereocenters. The highest BCUT2D eigenvalue weighted by Crippen LogP contribution is 2.31. The van der Waals surface area contributed by atoms with Crippen LogP contribution in [0.3, 0.4) is 0 Å². The Morgan fingerprint density at radius 2 is 2.03 bits per heavy atom. The topological polar surface area (TPSA) is 54.5 Å². The van der Waals surface area contributed by atoms with Crippen LogP contribution in [0, 0.1) is 5.92 Å². The highest BCUT2D eigenvalue weighted by molar-refractivity contribution is 5.92. The Kier molecular flexibility index (Phi) is 5.00. The second-order valence-electron chi connectivity index (χ2n) is 8.79. The van der Waals surface area contributed by atoms with E-state index in [4.69, 9.17) is 4.74 Å². The quantitative estimate of drug-likeness (QED) is 0.818. The molecular formula is C24H29N3O2. The highest BCUT2D eigenvalue weighted by Gasteiger charge is 2.29. The summed E-state index contributed by atoms with van der Waals surface area (Å²) < 4.78 is 5.73. The fraction of sp³-hybridized carbons (Fsp3) is 0.500. The molecule has 1 aromatic carbocycles. The van der Waals surface area contributed by atoms with Gasteiger partial charge < -0.3 is 15.0 Å². The standard InChI is InChI=1S/C24H29N3O2/c1-27(24(28)23-9-8-21(14-26-23)29-15-16-4-5-16)20-12-17-6-7-18(11-19(17)13-20)22-3-2-10-25-22/h6-9,11,14,16,20,22,25H,2-5,10,12-13,15H2,1H3/t20?,22-/m1/s1. The molecule has 1 saturated carbocycles. The van der Waals surface area contributed by atoms with Crippen LogP contribution >= 0.6 is 0 Å². The molecule has 0 bridgehead atoms. The lowest BCUT2D eigenvalue weighted by molar-refractivity contribution is 0.0731. The van der Waals surface area contributed by atoms with Crippen LogP contribution in [0.15, 0.2) is 36.5 Å². The number of benzene rings is 1. The van der Waals surface area contributed by atoms with E-state index in [-0.39, 0.29) is 11.9 Å². The van der Waals surface area contributed by atoms with Crippen molar-refractivity contribution >= 4 is 5.91 Å². The van der Waals surface area contributed by atoms with Crippen molar-refractivity contribution in [1.82, 2.24) is 15.2 Å². The Hall–Kier alpha value is -2.40. The van der Waals surface area contributed by atoms with Crippen LogP contribution in [-0.4, -0.2) is 42.0 Å². The van der Waals surface area contributed by atoms with Gasteiger partial charge in [-0.1, -0.05) is 18.2 Å². The molecule has 2 aliphatic carbocycles. The minimum Gasteiger partial charge on any atom is -0.492 e. The normalized spacial score (nSPS) is 23.1. The number of carbonyl (C=O) groups is 1. The van der Waals surface area contributed by atoms with Crippen LogP contribution < -0.4 is 10.1 Å². The number of carbonyl (C=O) groups excluding carboxylic acids is 1. The minimum absolute atomic E-state index is 0.0192. The summed E-state index contributed by atoms with van der Waals surface area (Å²) in [6.07, 6.45) is 8.49. The number of nitrogens with one attached hydrogen (secondary N) is 1. The molecule has 0 radical (unpaired) electrons. The van der Waals surface area contributed by atoms with E-state index < -0.39 is 0 Å². The summed E-state index contributed by atoms with van der Waals surface area (Å²) in [5.74, 6) is 1.43. The van der Waals surface area contributed by atoms with Gasteiger partial charge in [-0.25, -0.2) is 4.98 Å². The number of ether oxygens (including phenoxy) is 1. The number of fused-ring (bicyclic) bond motifs is 1. The molecule has 1 unspecified atom stereocenters. The van der Waals surface area contributed by atoms with Crippen molar-refractivity contribution in [3.8, 4) is 5.75 Å². The first-order chi connectivity index (χ1) is 14.2. The average Bonchev–Trinajstić information content (AvgIpc) is 3.24. The van der Waals surface area contributed by atoms with Gasteiger partial charge in [-0.2, -0.15) is 0 Å². The molecule has 1 aliphatic heterocycles. The lowest BCUT2D eigenvalue weighted by atomic mass is 10.0. The molecule has 29 heavy (non-hydrogen) atoms.